The van der Waals surface area contributed by atoms with E-state index in [-0.39, 0.29) is 11.4 Å². The Morgan fingerprint density at radius 1 is 0.905 bits per heavy atom. The number of hydrogen-bond donors (Lipinski definition) is 3. The van der Waals surface area contributed by atoms with Gasteiger partial charge in [-0.05, 0) is 49.2 Å². The van der Waals surface area contributed by atoms with E-state index in [1.165, 1.54) is 6.07 Å². The first-order valence-electron chi connectivity index (χ1n) is 6.44. The summed E-state index contributed by atoms with van der Waals surface area (Å²) < 4.78 is 0. The Kier molecular flexibility index (Phi) is 4.23. The maximum absolute atomic E-state index is 11.8. The van der Waals surface area contributed by atoms with E-state index in [0.717, 1.165) is 11.1 Å². The van der Waals surface area contributed by atoms with E-state index >= 15 is 0 Å². The molecule has 2 aromatic carbocycles. The predicted molar refractivity (Wildman–Crippen MR) is 81.3 cm³/mol. The monoisotopic (exact) mass is 284 g/mol. The molecule has 0 spiro atoms. The van der Waals surface area contributed by atoms with Gasteiger partial charge in [-0.1, -0.05) is 18.2 Å². The lowest BCUT2D eigenvalue weighted by Crippen LogP contribution is -2.29. The van der Waals surface area contributed by atoms with E-state index in [0.29, 0.717) is 5.69 Å². The largest absolute Gasteiger partial charge is 0.506 e. The van der Waals surface area contributed by atoms with Gasteiger partial charge in [-0.15, -0.1) is 0 Å². The van der Waals surface area contributed by atoms with Crippen molar-refractivity contribution in [2.24, 2.45) is 0 Å². The number of amides is 2. The lowest BCUT2D eigenvalue weighted by Gasteiger charge is -2.08. The van der Waals surface area contributed by atoms with E-state index in [2.05, 4.69) is 10.6 Å². The van der Waals surface area contributed by atoms with Crippen LogP contribution in [0.3, 0.4) is 0 Å². The standard InChI is InChI=1S/C16H16N2O3/c1-10-4-3-5-12(8-10)17-15(20)16(21)18-13-7-6-11(2)9-14(13)19/h3-9,19H,1-2H3,(H,17,20)(H,18,21). The van der Waals surface area contributed by atoms with Gasteiger partial charge >= 0.3 is 11.8 Å². The van der Waals surface area contributed by atoms with Crippen LogP contribution >= 0.6 is 0 Å². The van der Waals surface area contributed by atoms with Gasteiger partial charge in [-0.25, -0.2) is 0 Å². The highest BCUT2D eigenvalue weighted by molar-refractivity contribution is 6.43. The lowest BCUT2D eigenvalue weighted by molar-refractivity contribution is -0.133. The number of nitrogens with one attached hydrogen (secondary N) is 2. The first kappa shape index (κ1) is 14.6. The first-order valence-corrected chi connectivity index (χ1v) is 6.44. The molecular formula is C16H16N2O3. The van der Waals surface area contributed by atoms with Crippen LogP contribution in [0.15, 0.2) is 42.5 Å². The van der Waals surface area contributed by atoms with Crippen LogP contribution in [0.5, 0.6) is 5.75 Å². The summed E-state index contributed by atoms with van der Waals surface area (Å²) in [7, 11) is 0. The number of phenols is 1. The Labute approximate surface area is 122 Å². The van der Waals surface area contributed by atoms with Crippen molar-refractivity contribution >= 4 is 23.2 Å². The zero-order valence-corrected chi connectivity index (χ0v) is 11.8. The van der Waals surface area contributed by atoms with Gasteiger partial charge in [-0.3, -0.25) is 9.59 Å². The molecule has 3 N–H and O–H groups in total. The Morgan fingerprint density at radius 3 is 2.24 bits per heavy atom. The van der Waals surface area contributed by atoms with Crippen LogP contribution < -0.4 is 10.6 Å². The minimum Gasteiger partial charge on any atom is -0.506 e. The van der Waals surface area contributed by atoms with Crippen LogP contribution in [0, 0.1) is 13.8 Å². The van der Waals surface area contributed by atoms with Crippen LogP contribution in [0.2, 0.25) is 0 Å². The average Bonchev–Trinajstić information content (AvgIpc) is 2.41. The minimum atomic E-state index is -0.837. The zero-order valence-electron chi connectivity index (χ0n) is 11.8. The molecule has 5 nitrogen and oxygen atoms in total. The minimum absolute atomic E-state index is 0.0771. The number of phenolic OH excluding ortho intramolecular Hbond substituents is 1. The molecule has 0 aliphatic rings. The van der Waals surface area contributed by atoms with Gasteiger partial charge in [0.25, 0.3) is 0 Å². The number of hydrogen-bond acceptors (Lipinski definition) is 3. The molecule has 0 aromatic heterocycles. The number of benzene rings is 2. The van der Waals surface area contributed by atoms with Crippen LogP contribution in [-0.2, 0) is 9.59 Å². The molecule has 0 saturated carbocycles. The maximum atomic E-state index is 11.8. The highest BCUT2D eigenvalue weighted by Gasteiger charge is 2.15. The topological polar surface area (TPSA) is 78.4 Å². The van der Waals surface area contributed by atoms with Crippen LogP contribution in [0.4, 0.5) is 11.4 Å². The van der Waals surface area contributed by atoms with Crippen molar-refractivity contribution in [3.8, 4) is 5.75 Å². The van der Waals surface area contributed by atoms with Gasteiger partial charge in [0.15, 0.2) is 0 Å². The predicted octanol–water partition coefficient (Wildman–Crippen LogP) is 2.59. The van der Waals surface area contributed by atoms with E-state index < -0.39 is 11.8 Å². The van der Waals surface area contributed by atoms with Crippen molar-refractivity contribution < 1.29 is 14.7 Å². The van der Waals surface area contributed by atoms with Crippen LogP contribution in [-0.4, -0.2) is 16.9 Å². The van der Waals surface area contributed by atoms with Crippen molar-refractivity contribution in [2.45, 2.75) is 13.8 Å². The third kappa shape index (κ3) is 3.82. The maximum Gasteiger partial charge on any atom is 0.314 e. The summed E-state index contributed by atoms with van der Waals surface area (Å²) in [6, 6.07) is 11.9. The second-order valence-corrected chi connectivity index (χ2v) is 4.80. The molecule has 2 aromatic rings. The van der Waals surface area contributed by atoms with Crippen molar-refractivity contribution in [2.75, 3.05) is 10.6 Å². The summed E-state index contributed by atoms with van der Waals surface area (Å²) in [6.45, 7) is 3.70. The van der Waals surface area contributed by atoms with E-state index in [1.807, 2.05) is 19.9 Å². The van der Waals surface area contributed by atoms with E-state index in [4.69, 9.17) is 0 Å². The smallest absolute Gasteiger partial charge is 0.314 e. The first-order chi connectivity index (χ1) is 9.95. The average molecular weight is 284 g/mol. The summed E-state index contributed by atoms with van der Waals surface area (Å²) in [6.07, 6.45) is 0. The molecule has 0 radical (unpaired) electrons. The molecule has 0 aliphatic heterocycles. The fourth-order valence-corrected chi connectivity index (χ4v) is 1.84. The third-order valence-corrected chi connectivity index (χ3v) is 2.88. The quantitative estimate of drug-likeness (QED) is 0.586. The summed E-state index contributed by atoms with van der Waals surface area (Å²) in [4.78, 5) is 23.6. The number of carbonyl (C=O) groups is 2. The highest BCUT2D eigenvalue weighted by Crippen LogP contribution is 2.23. The molecule has 2 amide bonds. The number of aromatic hydroxyl groups is 1. The zero-order chi connectivity index (χ0) is 15.4. The molecule has 108 valence electrons. The number of carbonyl (C=O) groups excluding carboxylic acids is 2. The molecule has 0 atom stereocenters. The molecule has 0 unspecified atom stereocenters. The second kappa shape index (κ2) is 6.09. The lowest BCUT2D eigenvalue weighted by atomic mass is 10.2. The molecule has 0 bridgehead atoms. The van der Waals surface area contributed by atoms with Crippen molar-refractivity contribution in [1.29, 1.82) is 0 Å². The van der Waals surface area contributed by atoms with Gasteiger partial charge in [0.05, 0.1) is 5.69 Å². The van der Waals surface area contributed by atoms with Crippen LogP contribution in [0.25, 0.3) is 0 Å². The van der Waals surface area contributed by atoms with Gasteiger partial charge < -0.3 is 15.7 Å². The molecule has 21 heavy (non-hydrogen) atoms. The van der Waals surface area contributed by atoms with Gasteiger partial charge in [0, 0.05) is 5.69 Å². The third-order valence-electron chi connectivity index (χ3n) is 2.88. The number of rotatable bonds is 2. The van der Waals surface area contributed by atoms with E-state index in [1.54, 1.807) is 30.3 Å². The molecule has 0 heterocycles. The fraction of sp³-hybridized carbons (Fsp3) is 0.125. The second-order valence-electron chi connectivity index (χ2n) is 4.80. The number of aryl methyl sites for hydroxylation is 2. The Bertz CT molecular complexity index is 696. The number of anilines is 2. The fourth-order valence-electron chi connectivity index (χ4n) is 1.84. The summed E-state index contributed by atoms with van der Waals surface area (Å²) in [5.74, 6) is -1.71. The Balaban J connectivity index is 2.04. The van der Waals surface area contributed by atoms with Gasteiger partial charge in [0.1, 0.15) is 5.75 Å². The van der Waals surface area contributed by atoms with Crippen molar-refractivity contribution in [1.82, 2.24) is 0 Å². The van der Waals surface area contributed by atoms with Crippen molar-refractivity contribution in [3.63, 3.8) is 0 Å². The summed E-state index contributed by atoms with van der Waals surface area (Å²) >= 11 is 0. The molecular weight excluding hydrogens is 268 g/mol. The molecule has 0 saturated heterocycles. The molecule has 0 fully saturated rings. The van der Waals surface area contributed by atoms with Crippen molar-refractivity contribution in [3.05, 3.63) is 53.6 Å². The van der Waals surface area contributed by atoms with Crippen LogP contribution in [0.1, 0.15) is 11.1 Å². The normalized spacial score (nSPS) is 10.0. The Hall–Kier alpha value is -2.82. The van der Waals surface area contributed by atoms with Gasteiger partial charge in [0.2, 0.25) is 0 Å². The summed E-state index contributed by atoms with van der Waals surface area (Å²) in [5, 5.41) is 14.6. The molecule has 2 rings (SSSR count). The van der Waals surface area contributed by atoms with E-state index in [9.17, 15) is 14.7 Å². The summed E-state index contributed by atoms with van der Waals surface area (Å²) in [5.41, 5.74) is 2.58. The van der Waals surface area contributed by atoms with Gasteiger partial charge in [-0.2, -0.15) is 0 Å². The Morgan fingerprint density at radius 2 is 1.57 bits per heavy atom. The highest BCUT2D eigenvalue weighted by atomic mass is 16.3. The SMILES string of the molecule is Cc1cccc(NC(=O)C(=O)Nc2ccc(C)cc2O)c1. The molecule has 0 aliphatic carbocycles. The molecule has 5 heteroatoms.